The van der Waals surface area contributed by atoms with Gasteiger partial charge in [-0.15, -0.1) is 6.58 Å². The van der Waals surface area contributed by atoms with Gasteiger partial charge >= 0.3 is 0 Å². The van der Waals surface area contributed by atoms with Gasteiger partial charge in [-0.05, 0) is 32.2 Å². The lowest BCUT2D eigenvalue weighted by Gasteiger charge is -2.19. The van der Waals surface area contributed by atoms with E-state index in [9.17, 15) is 9.90 Å². The summed E-state index contributed by atoms with van der Waals surface area (Å²) in [5.74, 6) is 0.202. The molecule has 3 heteroatoms. The van der Waals surface area contributed by atoms with Gasteiger partial charge in [-0.3, -0.25) is 0 Å². The highest BCUT2D eigenvalue weighted by atomic mass is 28.3. The Kier molecular flexibility index (Phi) is 6.84. The fourth-order valence-electron chi connectivity index (χ4n) is 1.84. The van der Waals surface area contributed by atoms with Crippen molar-refractivity contribution in [1.82, 2.24) is 0 Å². The number of aliphatic hydroxyl groups excluding tert-OH is 1. The van der Waals surface area contributed by atoms with Crippen molar-refractivity contribution in [2.24, 2.45) is 0 Å². The van der Waals surface area contributed by atoms with Gasteiger partial charge in [0.25, 0.3) is 0 Å². The molecule has 0 aromatic carbocycles. The van der Waals surface area contributed by atoms with Crippen molar-refractivity contribution < 1.29 is 9.90 Å². The van der Waals surface area contributed by atoms with Crippen LogP contribution in [0.5, 0.6) is 0 Å². The third-order valence-corrected chi connectivity index (χ3v) is 3.93. The third-order valence-electron chi connectivity index (χ3n) is 2.37. The fraction of sp³-hybridized carbons (Fsp3) is 0.769. The summed E-state index contributed by atoms with van der Waals surface area (Å²) in [5.41, 5.74) is 1.16. The second-order valence-electron chi connectivity index (χ2n) is 5.94. The average molecular weight is 242 g/mol. The number of rotatable bonds is 8. The Balaban J connectivity index is 3.74. The van der Waals surface area contributed by atoms with Crippen LogP contribution in [0.25, 0.3) is 0 Å². The molecule has 0 aliphatic rings. The molecular formula is C13H26O2Si. The van der Waals surface area contributed by atoms with Crippen LogP contribution >= 0.6 is 0 Å². The van der Waals surface area contributed by atoms with E-state index in [4.69, 9.17) is 0 Å². The fourth-order valence-corrected chi connectivity index (χ4v) is 3.49. The van der Waals surface area contributed by atoms with E-state index >= 15 is 0 Å². The maximum absolute atomic E-state index is 10.7. The summed E-state index contributed by atoms with van der Waals surface area (Å²) in [5, 5.41) is 9.77. The van der Waals surface area contributed by atoms with E-state index in [-0.39, 0.29) is 11.9 Å². The molecule has 2 nitrogen and oxygen atoms in total. The molecule has 1 N–H and O–H groups in total. The number of aliphatic hydroxyl groups is 1. The van der Waals surface area contributed by atoms with E-state index in [0.29, 0.717) is 19.3 Å². The zero-order chi connectivity index (χ0) is 12.8. The summed E-state index contributed by atoms with van der Waals surface area (Å²) in [7, 11) is -1.10. The number of hydrogen-bond donors (Lipinski definition) is 1. The molecule has 94 valence electrons. The molecule has 0 saturated heterocycles. The first-order chi connectivity index (χ1) is 7.20. The molecule has 0 rings (SSSR count). The standard InChI is InChI=1S/C13H26O2Si/c1-11(10-16(3,4)5)9-13(15)8-6-7-12(2)14/h13,15H,1,6-10H2,2-5H3/t13-/m0/s1. The molecule has 0 aliphatic carbocycles. The lowest BCUT2D eigenvalue weighted by molar-refractivity contribution is -0.117. The predicted octanol–water partition coefficient (Wildman–Crippen LogP) is 3.39. The highest BCUT2D eigenvalue weighted by Crippen LogP contribution is 2.20. The highest BCUT2D eigenvalue weighted by Gasteiger charge is 2.16. The van der Waals surface area contributed by atoms with E-state index in [0.717, 1.165) is 18.0 Å². The molecule has 0 spiro atoms. The van der Waals surface area contributed by atoms with Crippen LogP contribution in [0, 0.1) is 0 Å². The first-order valence-corrected chi connectivity index (χ1v) is 9.75. The van der Waals surface area contributed by atoms with Gasteiger partial charge in [-0.1, -0.05) is 25.2 Å². The van der Waals surface area contributed by atoms with Crippen molar-refractivity contribution in [2.75, 3.05) is 0 Å². The van der Waals surface area contributed by atoms with Crippen LogP contribution in [0.4, 0.5) is 0 Å². The number of carbonyl (C=O) groups is 1. The maximum atomic E-state index is 10.7. The van der Waals surface area contributed by atoms with Gasteiger partial charge in [0, 0.05) is 14.5 Å². The molecular weight excluding hydrogens is 216 g/mol. The summed E-state index contributed by atoms with van der Waals surface area (Å²) in [6.07, 6.45) is 2.46. The molecule has 16 heavy (non-hydrogen) atoms. The third kappa shape index (κ3) is 10.1. The van der Waals surface area contributed by atoms with Crippen LogP contribution in [-0.2, 0) is 4.79 Å². The monoisotopic (exact) mass is 242 g/mol. The normalized spacial score (nSPS) is 13.6. The van der Waals surface area contributed by atoms with Gasteiger partial charge in [0.05, 0.1) is 6.10 Å². The van der Waals surface area contributed by atoms with Gasteiger partial charge < -0.3 is 9.90 Å². The van der Waals surface area contributed by atoms with Crippen LogP contribution < -0.4 is 0 Å². The smallest absolute Gasteiger partial charge is 0.129 e. The van der Waals surface area contributed by atoms with E-state index in [1.54, 1.807) is 6.92 Å². The van der Waals surface area contributed by atoms with Gasteiger partial charge in [-0.2, -0.15) is 0 Å². The van der Waals surface area contributed by atoms with Crippen LogP contribution in [0.3, 0.4) is 0 Å². The van der Waals surface area contributed by atoms with Crippen LogP contribution in [0.2, 0.25) is 25.7 Å². The second-order valence-corrected chi connectivity index (χ2v) is 11.4. The average Bonchev–Trinajstić information content (AvgIpc) is 1.98. The van der Waals surface area contributed by atoms with Crippen molar-refractivity contribution in [3.05, 3.63) is 12.2 Å². The van der Waals surface area contributed by atoms with E-state index in [1.807, 2.05) is 0 Å². The molecule has 0 unspecified atom stereocenters. The lowest BCUT2D eigenvalue weighted by atomic mass is 10.0. The molecule has 0 aromatic heterocycles. The number of Topliss-reactive ketones (excluding diaryl/α,β-unsaturated/α-hetero) is 1. The van der Waals surface area contributed by atoms with Crippen molar-refractivity contribution in [2.45, 2.75) is 64.4 Å². The van der Waals surface area contributed by atoms with Crippen molar-refractivity contribution >= 4 is 13.9 Å². The first-order valence-electron chi connectivity index (χ1n) is 6.05. The minimum Gasteiger partial charge on any atom is -0.393 e. The second kappa shape index (κ2) is 7.02. The molecule has 0 fully saturated rings. The summed E-state index contributed by atoms with van der Waals surface area (Å²) in [6.45, 7) is 12.5. The quantitative estimate of drug-likeness (QED) is 0.523. The lowest BCUT2D eigenvalue weighted by Crippen LogP contribution is -2.21. The Bertz CT molecular complexity index is 241. The predicted molar refractivity (Wildman–Crippen MR) is 72.4 cm³/mol. The molecule has 0 aliphatic heterocycles. The van der Waals surface area contributed by atoms with Crippen LogP contribution in [0.15, 0.2) is 12.2 Å². The molecule has 0 saturated carbocycles. The van der Waals surface area contributed by atoms with Gasteiger partial charge in [0.15, 0.2) is 0 Å². The first kappa shape index (κ1) is 15.6. The Morgan fingerprint density at radius 2 is 1.94 bits per heavy atom. The number of hydrogen-bond acceptors (Lipinski definition) is 2. The summed E-state index contributed by atoms with van der Waals surface area (Å²) in [6, 6.07) is 1.08. The zero-order valence-corrected chi connectivity index (χ0v) is 12.2. The van der Waals surface area contributed by atoms with Crippen LogP contribution in [0.1, 0.15) is 32.6 Å². The van der Waals surface area contributed by atoms with Crippen molar-refractivity contribution in [3.63, 3.8) is 0 Å². The zero-order valence-electron chi connectivity index (χ0n) is 11.2. The van der Waals surface area contributed by atoms with Gasteiger partial charge in [-0.25, -0.2) is 0 Å². The largest absolute Gasteiger partial charge is 0.393 e. The summed E-state index contributed by atoms with van der Waals surface area (Å²) in [4.78, 5) is 10.7. The Morgan fingerprint density at radius 1 is 1.38 bits per heavy atom. The van der Waals surface area contributed by atoms with E-state index in [2.05, 4.69) is 26.2 Å². The Labute approximate surface area is 101 Å². The SMILES string of the molecule is C=C(C[C@@H](O)CCCC(C)=O)C[Si](C)(C)C. The topological polar surface area (TPSA) is 37.3 Å². The van der Waals surface area contributed by atoms with Crippen LogP contribution in [-0.4, -0.2) is 25.1 Å². The Hall–Kier alpha value is -0.413. The minimum atomic E-state index is -1.10. The molecule has 1 atom stereocenters. The molecule has 0 radical (unpaired) electrons. The Morgan fingerprint density at radius 3 is 2.38 bits per heavy atom. The molecule has 0 aromatic rings. The van der Waals surface area contributed by atoms with Crippen molar-refractivity contribution in [3.8, 4) is 0 Å². The van der Waals surface area contributed by atoms with Crippen molar-refractivity contribution in [1.29, 1.82) is 0 Å². The van der Waals surface area contributed by atoms with E-state index in [1.165, 1.54) is 0 Å². The number of ketones is 1. The minimum absolute atomic E-state index is 0.202. The molecule has 0 bridgehead atoms. The van der Waals surface area contributed by atoms with E-state index < -0.39 is 8.07 Å². The molecule has 0 heterocycles. The van der Waals surface area contributed by atoms with Gasteiger partial charge in [0.2, 0.25) is 0 Å². The number of carbonyl (C=O) groups excluding carboxylic acids is 1. The molecule has 0 amide bonds. The summed E-state index contributed by atoms with van der Waals surface area (Å²) >= 11 is 0. The van der Waals surface area contributed by atoms with Gasteiger partial charge in [0.1, 0.15) is 5.78 Å². The highest BCUT2D eigenvalue weighted by molar-refractivity contribution is 6.76. The maximum Gasteiger partial charge on any atom is 0.129 e. The summed E-state index contributed by atoms with van der Waals surface area (Å²) < 4.78 is 0.